The molecule has 5 heteroatoms. The van der Waals surface area contributed by atoms with Gasteiger partial charge in [0, 0.05) is 23.0 Å². The van der Waals surface area contributed by atoms with E-state index in [0.717, 1.165) is 17.3 Å². The smallest absolute Gasteiger partial charge is 0.220 e. The number of halogens is 2. The summed E-state index contributed by atoms with van der Waals surface area (Å²) in [5.41, 5.74) is 1.13. The third-order valence-corrected chi connectivity index (χ3v) is 6.50. The normalized spacial score (nSPS) is 30.1. The van der Waals surface area contributed by atoms with Crippen LogP contribution in [0.5, 0.6) is 0 Å². The summed E-state index contributed by atoms with van der Waals surface area (Å²) in [4.78, 5) is 12.7. The number of carbonyl (C=O) groups excluding carboxylic acids is 1. The Bertz CT molecular complexity index is 593. The van der Waals surface area contributed by atoms with Crippen LogP contribution in [0.25, 0.3) is 0 Å². The first-order valence-corrected chi connectivity index (χ1v) is 9.75. The fourth-order valence-electron chi connectivity index (χ4n) is 4.72. The van der Waals surface area contributed by atoms with Gasteiger partial charge in [0.05, 0.1) is 5.54 Å². The van der Waals surface area contributed by atoms with Gasteiger partial charge in [0.2, 0.25) is 5.91 Å². The van der Waals surface area contributed by atoms with Crippen LogP contribution in [-0.4, -0.2) is 18.0 Å². The molecule has 2 saturated heterocycles. The number of amides is 1. The van der Waals surface area contributed by atoms with Gasteiger partial charge in [-0.15, -0.1) is 12.4 Å². The maximum atomic E-state index is 12.7. The van der Waals surface area contributed by atoms with E-state index in [1.54, 1.807) is 0 Å². The molecule has 1 saturated carbocycles. The summed E-state index contributed by atoms with van der Waals surface area (Å²) in [5, 5.41) is 7.05. The van der Waals surface area contributed by atoms with Crippen molar-refractivity contribution in [3.05, 3.63) is 34.3 Å². The molecule has 2 heterocycles. The molecule has 3 aliphatic rings. The topological polar surface area (TPSA) is 41.1 Å². The highest BCUT2D eigenvalue weighted by Crippen LogP contribution is 2.42. The average Bonchev–Trinajstić information content (AvgIpc) is 2.82. The lowest BCUT2D eigenvalue weighted by Gasteiger charge is -2.43. The molecule has 132 valence electrons. The SMILES string of the molecule is Cl.O=C(CC1CC2CCC(C1)N2)NC1(c2cccc(Br)c2)CCC1. The highest BCUT2D eigenvalue weighted by atomic mass is 79.9. The molecular weight excluding hydrogens is 388 g/mol. The molecule has 1 aliphatic carbocycles. The Kier molecular flexibility index (Phi) is 5.58. The number of nitrogens with one attached hydrogen (secondary N) is 2. The van der Waals surface area contributed by atoms with Crippen LogP contribution in [0, 0.1) is 5.92 Å². The van der Waals surface area contributed by atoms with Crippen molar-refractivity contribution in [3.63, 3.8) is 0 Å². The Morgan fingerprint density at radius 2 is 1.96 bits per heavy atom. The largest absolute Gasteiger partial charge is 0.347 e. The summed E-state index contributed by atoms with van der Waals surface area (Å²) in [6, 6.07) is 9.74. The second-order valence-electron chi connectivity index (χ2n) is 7.67. The van der Waals surface area contributed by atoms with E-state index in [9.17, 15) is 4.79 Å². The Balaban J connectivity index is 0.00000169. The van der Waals surface area contributed by atoms with E-state index < -0.39 is 0 Å². The van der Waals surface area contributed by atoms with Crippen molar-refractivity contribution < 1.29 is 4.79 Å². The minimum Gasteiger partial charge on any atom is -0.347 e. The summed E-state index contributed by atoms with van der Waals surface area (Å²) in [6.45, 7) is 0. The van der Waals surface area contributed by atoms with E-state index in [1.165, 1.54) is 37.7 Å². The number of hydrogen-bond acceptors (Lipinski definition) is 2. The Labute approximate surface area is 158 Å². The molecule has 1 aromatic carbocycles. The number of fused-ring (bicyclic) bond motifs is 2. The van der Waals surface area contributed by atoms with Crippen LogP contribution in [0.3, 0.4) is 0 Å². The lowest BCUT2D eigenvalue weighted by Crippen LogP contribution is -2.51. The Morgan fingerprint density at radius 3 is 2.54 bits per heavy atom. The second kappa shape index (κ2) is 7.35. The maximum absolute atomic E-state index is 12.7. The number of piperidine rings is 1. The Hall–Kier alpha value is -0.580. The maximum Gasteiger partial charge on any atom is 0.220 e. The third-order valence-electron chi connectivity index (χ3n) is 6.01. The monoisotopic (exact) mass is 412 g/mol. The zero-order valence-electron chi connectivity index (χ0n) is 13.9. The van der Waals surface area contributed by atoms with Gasteiger partial charge in [-0.25, -0.2) is 0 Å². The van der Waals surface area contributed by atoms with E-state index in [-0.39, 0.29) is 23.9 Å². The molecular formula is C19H26BrClN2O. The van der Waals surface area contributed by atoms with Gasteiger partial charge in [0.15, 0.2) is 0 Å². The summed E-state index contributed by atoms with van der Waals surface area (Å²) in [6.07, 6.45) is 8.96. The van der Waals surface area contributed by atoms with Crippen LogP contribution in [0.2, 0.25) is 0 Å². The van der Waals surface area contributed by atoms with Gasteiger partial charge < -0.3 is 10.6 Å². The van der Waals surface area contributed by atoms with Gasteiger partial charge in [0.1, 0.15) is 0 Å². The van der Waals surface area contributed by atoms with E-state index in [4.69, 9.17) is 0 Å². The number of hydrogen-bond donors (Lipinski definition) is 2. The minimum absolute atomic E-state index is 0. The third kappa shape index (κ3) is 3.66. The molecule has 2 atom stereocenters. The number of benzene rings is 1. The van der Waals surface area contributed by atoms with Gasteiger partial charge in [-0.05, 0) is 68.6 Å². The molecule has 24 heavy (non-hydrogen) atoms. The number of carbonyl (C=O) groups is 1. The molecule has 2 aliphatic heterocycles. The van der Waals surface area contributed by atoms with Crippen molar-refractivity contribution in [2.45, 2.75) is 69.0 Å². The molecule has 2 unspecified atom stereocenters. The van der Waals surface area contributed by atoms with Gasteiger partial charge in [-0.3, -0.25) is 4.79 Å². The van der Waals surface area contributed by atoms with Crippen molar-refractivity contribution in [3.8, 4) is 0 Å². The molecule has 0 radical (unpaired) electrons. The van der Waals surface area contributed by atoms with Crippen LogP contribution in [0.4, 0.5) is 0 Å². The van der Waals surface area contributed by atoms with Crippen LogP contribution < -0.4 is 10.6 Å². The second-order valence-corrected chi connectivity index (χ2v) is 8.59. The summed E-state index contributed by atoms with van der Waals surface area (Å²) >= 11 is 3.55. The zero-order chi connectivity index (χ0) is 15.9. The van der Waals surface area contributed by atoms with Gasteiger partial charge in [-0.1, -0.05) is 28.1 Å². The van der Waals surface area contributed by atoms with Crippen molar-refractivity contribution >= 4 is 34.2 Å². The zero-order valence-corrected chi connectivity index (χ0v) is 16.3. The molecule has 2 N–H and O–H groups in total. The molecule has 1 amide bonds. The van der Waals surface area contributed by atoms with E-state index in [2.05, 4.69) is 44.8 Å². The van der Waals surface area contributed by atoms with Crippen LogP contribution >= 0.6 is 28.3 Å². The van der Waals surface area contributed by atoms with Crippen LogP contribution in [0.15, 0.2) is 28.7 Å². The standard InChI is InChI=1S/C19H25BrN2O.ClH/c20-15-4-1-3-14(12-15)19(7-2-8-19)22-18(23)11-13-9-16-5-6-17(10-13)21-16;/h1,3-4,12-13,16-17,21H,2,5-11H2,(H,22,23);1H. The highest BCUT2D eigenvalue weighted by molar-refractivity contribution is 9.10. The highest BCUT2D eigenvalue weighted by Gasteiger charge is 2.41. The van der Waals surface area contributed by atoms with Crippen LogP contribution in [-0.2, 0) is 10.3 Å². The lowest BCUT2D eigenvalue weighted by molar-refractivity contribution is -0.125. The summed E-state index contributed by atoms with van der Waals surface area (Å²) in [5.74, 6) is 0.810. The first kappa shape index (κ1) is 18.2. The van der Waals surface area contributed by atoms with E-state index in [0.29, 0.717) is 24.4 Å². The molecule has 3 fully saturated rings. The predicted molar refractivity (Wildman–Crippen MR) is 102 cm³/mol. The van der Waals surface area contributed by atoms with E-state index in [1.807, 2.05) is 6.07 Å². The fraction of sp³-hybridized carbons (Fsp3) is 0.632. The summed E-state index contributed by atoms with van der Waals surface area (Å²) < 4.78 is 1.09. The molecule has 0 aromatic heterocycles. The quantitative estimate of drug-likeness (QED) is 0.773. The molecule has 1 aromatic rings. The first-order valence-electron chi connectivity index (χ1n) is 8.96. The number of rotatable bonds is 4. The first-order chi connectivity index (χ1) is 11.1. The van der Waals surface area contributed by atoms with Crippen molar-refractivity contribution in [2.75, 3.05) is 0 Å². The van der Waals surface area contributed by atoms with Crippen molar-refractivity contribution in [1.29, 1.82) is 0 Å². The van der Waals surface area contributed by atoms with Crippen molar-refractivity contribution in [2.24, 2.45) is 5.92 Å². The van der Waals surface area contributed by atoms with Crippen molar-refractivity contribution in [1.82, 2.24) is 10.6 Å². The molecule has 3 nitrogen and oxygen atoms in total. The van der Waals surface area contributed by atoms with Gasteiger partial charge >= 0.3 is 0 Å². The summed E-state index contributed by atoms with van der Waals surface area (Å²) in [7, 11) is 0. The van der Waals surface area contributed by atoms with Gasteiger partial charge in [-0.2, -0.15) is 0 Å². The Morgan fingerprint density at radius 1 is 1.25 bits per heavy atom. The molecule has 4 rings (SSSR count). The molecule has 2 bridgehead atoms. The van der Waals surface area contributed by atoms with Gasteiger partial charge in [0.25, 0.3) is 0 Å². The molecule has 0 spiro atoms. The predicted octanol–water partition coefficient (Wildman–Crippen LogP) is 4.29. The van der Waals surface area contributed by atoms with Crippen LogP contribution in [0.1, 0.15) is 56.9 Å². The minimum atomic E-state index is -0.118. The fourth-order valence-corrected chi connectivity index (χ4v) is 5.12. The lowest BCUT2D eigenvalue weighted by atomic mass is 9.71. The average molecular weight is 414 g/mol. The van der Waals surface area contributed by atoms with E-state index >= 15 is 0 Å².